The SMILES string of the molecule is CC(=O)C1CC=C2C3CC(O)C4CC(O)CCC4(C)C3CCC21C. The van der Waals surface area contributed by atoms with Crippen LogP contribution in [0.5, 0.6) is 0 Å². The molecule has 0 heterocycles. The third-order valence-electron chi connectivity index (χ3n) is 8.55. The molecule has 3 saturated carbocycles. The van der Waals surface area contributed by atoms with E-state index >= 15 is 0 Å². The lowest BCUT2D eigenvalue weighted by molar-refractivity contribution is -0.142. The van der Waals surface area contributed by atoms with Gasteiger partial charge in [-0.3, -0.25) is 4.79 Å². The van der Waals surface area contributed by atoms with E-state index in [1.54, 1.807) is 6.92 Å². The van der Waals surface area contributed by atoms with Crippen molar-refractivity contribution in [1.29, 1.82) is 0 Å². The van der Waals surface area contributed by atoms with E-state index in [-0.39, 0.29) is 34.9 Å². The number of fused-ring (bicyclic) bond motifs is 5. The van der Waals surface area contributed by atoms with E-state index < -0.39 is 0 Å². The van der Waals surface area contributed by atoms with Crippen LogP contribution in [0.4, 0.5) is 0 Å². The molecule has 0 amide bonds. The molecular weight excluding hydrogens is 300 g/mol. The van der Waals surface area contributed by atoms with Gasteiger partial charge in [0.25, 0.3) is 0 Å². The summed E-state index contributed by atoms with van der Waals surface area (Å²) in [7, 11) is 0. The molecule has 0 aromatic heterocycles. The van der Waals surface area contributed by atoms with Crippen molar-refractivity contribution < 1.29 is 15.0 Å². The van der Waals surface area contributed by atoms with Crippen LogP contribution in [0.2, 0.25) is 0 Å². The van der Waals surface area contributed by atoms with Crippen LogP contribution in [-0.4, -0.2) is 28.2 Å². The number of hydrogen-bond donors (Lipinski definition) is 2. The second-order valence-electron chi connectivity index (χ2n) is 9.57. The highest BCUT2D eigenvalue weighted by Gasteiger charge is 2.60. The molecule has 0 spiro atoms. The Labute approximate surface area is 145 Å². The second kappa shape index (κ2) is 5.41. The van der Waals surface area contributed by atoms with Crippen molar-refractivity contribution in [1.82, 2.24) is 0 Å². The van der Waals surface area contributed by atoms with Crippen LogP contribution >= 0.6 is 0 Å². The van der Waals surface area contributed by atoms with Crippen molar-refractivity contribution in [3.63, 3.8) is 0 Å². The fourth-order valence-electron chi connectivity index (χ4n) is 7.23. The highest BCUT2D eigenvalue weighted by molar-refractivity contribution is 5.80. The molecular formula is C21H32O3. The van der Waals surface area contributed by atoms with Crippen molar-refractivity contribution >= 4 is 5.78 Å². The summed E-state index contributed by atoms with van der Waals surface area (Å²) in [6.07, 6.45) is 8.42. The van der Waals surface area contributed by atoms with Crippen molar-refractivity contribution in [2.75, 3.05) is 0 Å². The average Bonchev–Trinajstić information content (AvgIpc) is 2.87. The zero-order chi connectivity index (χ0) is 17.3. The summed E-state index contributed by atoms with van der Waals surface area (Å²) in [5.74, 6) is 1.73. The van der Waals surface area contributed by atoms with Gasteiger partial charge in [-0.2, -0.15) is 0 Å². The van der Waals surface area contributed by atoms with Gasteiger partial charge in [-0.25, -0.2) is 0 Å². The largest absolute Gasteiger partial charge is 0.393 e. The van der Waals surface area contributed by atoms with E-state index in [9.17, 15) is 15.0 Å². The molecule has 4 aliphatic carbocycles. The first-order valence-corrected chi connectivity index (χ1v) is 9.84. The lowest BCUT2D eigenvalue weighted by Gasteiger charge is -2.60. The van der Waals surface area contributed by atoms with Gasteiger partial charge in [-0.15, -0.1) is 0 Å². The third-order valence-corrected chi connectivity index (χ3v) is 8.55. The molecule has 3 fully saturated rings. The van der Waals surface area contributed by atoms with Gasteiger partial charge in [0.05, 0.1) is 12.2 Å². The Morgan fingerprint density at radius 1 is 1.12 bits per heavy atom. The molecule has 0 saturated heterocycles. The number of carbonyl (C=O) groups excluding carboxylic acids is 1. The standard InChI is InChI=1S/C21H32O3/c1-12(22)15-4-5-16-14-11-19(24)18-10-13(23)6-8-21(18,3)17(14)7-9-20(15,16)2/h5,13-15,17-19,23-24H,4,6-11H2,1-3H3. The molecule has 134 valence electrons. The van der Waals surface area contributed by atoms with Gasteiger partial charge in [-0.05, 0) is 80.5 Å². The number of allylic oxidation sites excluding steroid dienone is 2. The maximum Gasteiger partial charge on any atom is 0.134 e. The normalized spacial score (nSPS) is 53.6. The monoisotopic (exact) mass is 332 g/mol. The van der Waals surface area contributed by atoms with E-state index in [2.05, 4.69) is 19.9 Å². The topological polar surface area (TPSA) is 57.5 Å². The van der Waals surface area contributed by atoms with Gasteiger partial charge in [0.15, 0.2) is 0 Å². The van der Waals surface area contributed by atoms with Crippen LogP contribution in [0.15, 0.2) is 11.6 Å². The first-order chi connectivity index (χ1) is 11.3. The summed E-state index contributed by atoms with van der Waals surface area (Å²) in [5.41, 5.74) is 1.63. The van der Waals surface area contributed by atoms with Crippen molar-refractivity contribution in [2.24, 2.45) is 34.5 Å². The summed E-state index contributed by atoms with van der Waals surface area (Å²) in [6, 6.07) is 0. The number of Topliss-reactive ketones (excluding diaryl/α,β-unsaturated/α-hetero) is 1. The highest BCUT2D eigenvalue weighted by Crippen LogP contribution is 2.65. The van der Waals surface area contributed by atoms with Gasteiger partial charge in [0.1, 0.15) is 5.78 Å². The number of rotatable bonds is 1. The maximum atomic E-state index is 12.1. The third kappa shape index (κ3) is 2.13. The first kappa shape index (κ1) is 16.8. The van der Waals surface area contributed by atoms with Crippen LogP contribution in [0, 0.1) is 34.5 Å². The van der Waals surface area contributed by atoms with E-state index in [0.29, 0.717) is 17.6 Å². The predicted octanol–water partition coefficient (Wildman–Crippen LogP) is 3.49. The summed E-state index contributed by atoms with van der Waals surface area (Å²) in [6.45, 7) is 6.40. The number of aliphatic hydroxyl groups excluding tert-OH is 2. The molecule has 3 nitrogen and oxygen atoms in total. The van der Waals surface area contributed by atoms with E-state index in [1.165, 1.54) is 5.57 Å². The minimum atomic E-state index is -0.314. The summed E-state index contributed by atoms with van der Waals surface area (Å²) < 4.78 is 0. The maximum absolute atomic E-state index is 12.1. The van der Waals surface area contributed by atoms with Gasteiger partial charge in [-0.1, -0.05) is 25.5 Å². The summed E-state index contributed by atoms with van der Waals surface area (Å²) >= 11 is 0. The van der Waals surface area contributed by atoms with Crippen LogP contribution in [0.1, 0.15) is 65.7 Å². The fourth-order valence-corrected chi connectivity index (χ4v) is 7.23. The van der Waals surface area contributed by atoms with Gasteiger partial charge in [0, 0.05) is 5.92 Å². The molecule has 8 atom stereocenters. The molecule has 0 aromatic carbocycles. The Bertz CT molecular complexity index is 582. The molecule has 0 aromatic rings. The second-order valence-corrected chi connectivity index (χ2v) is 9.57. The van der Waals surface area contributed by atoms with E-state index in [4.69, 9.17) is 0 Å². The lowest BCUT2D eigenvalue weighted by Crippen LogP contribution is -2.56. The van der Waals surface area contributed by atoms with E-state index in [1.807, 2.05) is 0 Å². The molecule has 0 bridgehead atoms. The van der Waals surface area contributed by atoms with Crippen LogP contribution in [0.25, 0.3) is 0 Å². The zero-order valence-corrected chi connectivity index (χ0v) is 15.3. The molecule has 2 N–H and O–H groups in total. The van der Waals surface area contributed by atoms with Crippen LogP contribution < -0.4 is 0 Å². The Morgan fingerprint density at radius 3 is 2.58 bits per heavy atom. The Morgan fingerprint density at radius 2 is 1.88 bits per heavy atom. The van der Waals surface area contributed by atoms with Crippen molar-refractivity contribution in [2.45, 2.75) is 77.9 Å². The molecule has 0 aliphatic heterocycles. The average molecular weight is 332 g/mol. The smallest absolute Gasteiger partial charge is 0.134 e. The lowest BCUT2D eigenvalue weighted by atomic mass is 9.45. The minimum absolute atomic E-state index is 0.0180. The number of ketones is 1. The Kier molecular flexibility index (Phi) is 3.78. The molecule has 3 heteroatoms. The number of hydrogen-bond acceptors (Lipinski definition) is 3. The molecule has 4 aliphatic rings. The molecule has 8 unspecified atom stereocenters. The predicted molar refractivity (Wildman–Crippen MR) is 93.3 cm³/mol. The fraction of sp³-hybridized carbons (Fsp3) is 0.857. The summed E-state index contributed by atoms with van der Waals surface area (Å²) in [5, 5.41) is 21.0. The van der Waals surface area contributed by atoms with Crippen molar-refractivity contribution in [3.8, 4) is 0 Å². The zero-order valence-electron chi connectivity index (χ0n) is 15.3. The quantitative estimate of drug-likeness (QED) is 0.723. The van der Waals surface area contributed by atoms with Gasteiger partial charge in [0.2, 0.25) is 0 Å². The number of aliphatic hydroxyl groups is 2. The number of carbonyl (C=O) groups is 1. The van der Waals surface area contributed by atoms with Crippen LogP contribution in [0.3, 0.4) is 0 Å². The van der Waals surface area contributed by atoms with Gasteiger partial charge < -0.3 is 10.2 Å². The first-order valence-electron chi connectivity index (χ1n) is 9.84. The van der Waals surface area contributed by atoms with Crippen molar-refractivity contribution in [3.05, 3.63) is 11.6 Å². The van der Waals surface area contributed by atoms with Gasteiger partial charge >= 0.3 is 0 Å². The van der Waals surface area contributed by atoms with Crippen LogP contribution in [-0.2, 0) is 4.79 Å². The minimum Gasteiger partial charge on any atom is -0.393 e. The Balaban J connectivity index is 1.68. The molecule has 24 heavy (non-hydrogen) atoms. The molecule has 4 rings (SSSR count). The Hall–Kier alpha value is -0.670. The summed E-state index contributed by atoms with van der Waals surface area (Å²) in [4.78, 5) is 12.1. The molecule has 0 radical (unpaired) electrons. The van der Waals surface area contributed by atoms with E-state index in [0.717, 1.165) is 44.9 Å². The highest BCUT2D eigenvalue weighted by atomic mass is 16.3.